The largest absolute Gasteiger partial charge is 0.493 e. The summed E-state index contributed by atoms with van der Waals surface area (Å²) in [5.74, 6) is -0.0449. The van der Waals surface area contributed by atoms with Crippen LogP contribution in [0.3, 0.4) is 0 Å². The van der Waals surface area contributed by atoms with Crippen molar-refractivity contribution in [1.82, 2.24) is 0 Å². The van der Waals surface area contributed by atoms with Gasteiger partial charge >= 0.3 is 5.97 Å². The molecular weight excluding hydrogens is 523 g/mol. The highest BCUT2D eigenvalue weighted by Crippen LogP contribution is 2.59. The summed E-state index contributed by atoms with van der Waals surface area (Å²) in [5, 5.41) is 12.0. The zero-order valence-electron chi connectivity index (χ0n) is 23.1. The van der Waals surface area contributed by atoms with Crippen LogP contribution in [0.4, 0.5) is 4.39 Å². The van der Waals surface area contributed by atoms with Crippen LogP contribution in [0.5, 0.6) is 34.5 Å². The molecule has 9 nitrogen and oxygen atoms in total. The fourth-order valence-corrected chi connectivity index (χ4v) is 5.42. The second-order valence-electron chi connectivity index (χ2n) is 9.88. The molecule has 3 atom stereocenters. The summed E-state index contributed by atoms with van der Waals surface area (Å²) in [4.78, 5) is 13.4. The summed E-state index contributed by atoms with van der Waals surface area (Å²) in [6.07, 6.45) is -0.957. The smallest absolute Gasteiger partial charge is 0.341 e. The maximum Gasteiger partial charge on any atom is 0.341 e. The Balaban J connectivity index is 1.86. The molecule has 0 aromatic heterocycles. The minimum atomic E-state index is -1.64. The lowest BCUT2D eigenvalue weighted by Gasteiger charge is -2.41. The van der Waals surface area contributed by atoms with Crippen LogP contribution in [0.1, 0.15) is 41.4 Å². The molecule has 3 aromatic rings. The van der Waals surface area contributed by atoms with E-state index in [0.717, 1.165) is 5.56 Å². The van der Waals surface area contributed by atoms with Crippen LogP contribution in [-0.4, -0.2) is 51.9 Å². The summed E-state index contributed by atoms with van der Waals surface area (Å²) in [7, 11) is 5.91. The van der Waals surface area contributed by atoms with Crippen LogP contribution in [0.25, 0.3) is 11.1 Å². The van der Waals surface area contributed by atoms with Gasteiger partial charge in [0.15, 0.2) is 29.1 Å². The highest BCUT2D eigenvalue weighted by Gasteiger charge is 2.47. The minimum Gasteiger partial charge on any atom is -0.493 e. The van der Waals surface area contributed by atoms with Crippen LogP contribution >= 0.6 is 0 Å². The van der Waals surface area contributed by atoms with Crippen molar-refractivity contribution in [3.05, 3.63) is 58.9 Å². The van der Waals surface area contributed by atoms with Gasteiger partial charge in [0.1, 0.15) is 11.4 Å². The molecule has 212 valence electrons. The van der Waals surface area contributed by atoms with Gasteiger partial charge in [-0.05, 0) is 49.1 Å². The van der Waals surface area contributed by atoms with E-state index >= 15 is 0 Å². The third-order valence-electron chi connectivity index (χ3n) is 7.67. The first-order valence-electron chi connectivity index (χ1n) is 12.7. The first-order chi connectivity index (χ1) is 19.2. The van der Waals surface area contributed by atoms with E-state index in [4.69, 9.17) is 33.2 Å². The van der Waals surface area contributed by atoms with Gasteiger partial charge in [0.25, 0.3) is 0 Å². The monoisotopic (exact) mass is 554 g/mol. The molecule has 1 aliphatic heterocycles. The predicted octanol–water partition coefficient (Wildman–Crippen LogP) is 5.10. The first kappa shape index (κ1) is 27.4. The van der Waals surface area contributed by atoms with E-state index in [9.17, 15) is 14.3 Å². The van der Waals surface area contributed by atoms with Crippen molar-refractivity contribution in [2.45, 2.75) is 32.0 Å². The third-order valence-corrected chi connectivity index (χ3v) is 7.67. The second kappa shape index (κ2) is 10.4. The summed E-state index contributed by atoms with van der Waals surface area (Å²) in [6, 6.07) is 8.98. The molecule has 10 heteroatoms. The van der Waals surface area contributed by atoms with E-state index in [1.807, 2.05) is 13.0 Å². The van der Waals surface area contributed by atoms with Crippen molar-refractivity contribution in [1.29, 1.82) is 0 Å². The van der Waals surface area contributed by atoms with Gasteiger partial charge in [-0.3, -0.25) is 0 Å². The van der Waals surface area contributed by atoms with Gasteiger partial charge in [-0.2, -0.15) is 0 Å². The second-order valence-corrected chi connectivity index (χ2v) is 9.88. The van der Waals surface area contributed by atoms with E-state index in [1.54, 1.807) is 13.0 Å². The topological polar surface area (TPSA) is 102 Å². The molecular formula is C30H31FO9. The maximum absolute atomic E-state index is 14.6. The highest BCUT2D eigenvalue weighted by molar-refractivity contribution is 5.91. The van der Waals surface area contributed by atoms with Gasteiger partial charge in [0.05, 0.1) is 34.0 Å². The van der Waals surface area contributed by atoms with Crippen LogP contribution in [0.15, 0.2) is 36.4 Å². The first-order valence-corrected chi connectivity index (χ1v) is 12.7. The number of benzene rings is 3. The number of methoxy groups -OCH3 is 4. The molecule has 0 fully saturated rings. The maximum atomic E-state index is 14.6. The average molecular weight is 555 g/mol. The summed E-state index contributed by atoms with van der Waals surface area (Å²) < 4.78 is 55.1. The van der Waals surface area contributed by atoms with E-state index in [1.165, 1.54) is 52.7 Å². The number of carbonyl (C=O) groups is 1. The molecule has 0 radical (unpaired) electrons. The molecule has 0 unspecified atom stereocenters. The molecule has 0 amide bonds. The van der Waals surface area contributed by atoms with Crippen molar-refractivity contribution < 1.29 is 47.4 Å². The number of aliphatic hydroxyl groups is 1. The number of rotatable bonds is 6. The van der Waals surface area contributed by atoms with Crippen molar-refractivity contribution >= 4 is 5.97 Å². The normalized spacial score (nSPS) is 20.9. The van der Waals surface area contributed by atoms with Gasteiger partial charge in [-0.15, -0.1) is 0 Å². The van der Waals surface area contributed by atoms with Crippen LogP contribution < -0.4 is 28.4 Å². The molecule has 3 aromatic carbocycles. The van der Waals surface area contributed by atoms with Crippen molar-refractivity contribution in [3.63, 3.8) is 0 Å². The van der Waals surface area contributed by atoms with Gasteiger partial charge in [0.2, 0.25) is 18.3 Å². The summed E-state index contributed by atoms with van der Waals surface area (Å²) in [5.41, 5.74) is 0.247. The van der Waals surface area contributed by atoms with Crippen molar-refractivity contribution in [2.75, 3.05) is 35.2 Å². The van der Waals surface area contributed by atoms with E-state index in [-0.39, 0.29) is 29.6 Å². The number of halogens is 1. The van der Waals surface area contributed by atoms with Gasteiger partial charge in [0, 0.05) is 16.7 Å². The Kier molecular flexibility index (Phi) is 7.14. The van der Waals surface area contributed by atoms with E-state index in [2.05, 4.69) is 0 Å². The zero-order valence-corrected chi connectivity index (χ0v) is 23.1. The van der Waals surface area contributed by atoms with E-state index < -0.39 is 29.4 Å². The lowest BCUT2D eigenvalue weighted by Crippen LogP contribution is -2.44. The van der Waals surface area contributed by atoms with Crippen molar-refractivity contribution in [3.8, 4) is 45.6 Å². The number of fused-ring (bicyclic) bond motifs is 4. The quantitative estimate of drug-likeness (QED) is 0.417. The van der Waals surface area contributed by atoms with Crippen molar-refractivity contribution in [2.24, 2.45) is 5.92 Å². The SMILES string of the molecule is COc1cc2c(c(OC)c1OC)-c1c(cc3c(c1OC)OCO3)C[C@H](C)[C@](C)(O)[C@H]2OC(=O)c1ccccc1F. The van der Waals surface area contributed by atoms with Crippen LogP contribution in [-0.2, 0) is 11.2 Å². The molecule has 0 saturated carbocycles. The lowest BCUT2D eigenvalue weighted by molar-refractivity contribution is -0.107. The molecule has 5 rings (SSSR count). The number of ether oxygens (including phenoxy) is 7. The Bertz CT molecular complexity index is 1470. The van der Waals surface area contributed by atoms with Crippen LogP contribution in [0.2, 0.25) is 0 Å². The fraction of sp³-hybridized carbons (Fsp3) is 0.367. The molecule has 1 aliphatic carbocycles. The third kappa shape index (κ3) is 4.23. The molecule has 0 bridgehead atoms. The molecule has 0 spiro atoms. The van der Waals surface area contributed by atoms with Crippen LogP contribution in [0, 0.1) is 11.7 Å². The summed E-state index contributed by atoms with van der Waals surface area (Å²) >= 11 is 0. The molecule has 2 aliphatic rings. The average Bonchev–Trinajstić information content (AvgIpc) is 3.42. The highest BCUT2D eigenvalue weighted by atomic mass is 19.1. The Morgan fingerprint density at radius 2 is 1.68 bits per heavy atom. The molecule has 40 heavy (non-hydrogen) atoms. The Hall–Kier alpha value is -4.18. The zero-order chi connectivity index (χ0) is 28.8. The molecule has 1 heterocycles. The number of carbonyl (C=O) groups excluding carboxylic acids is 1. The Morgan fingerprint density at radius 3 is 2.33 bits per heavy atom. The molecule has 1 N–H and O–H groups in total. The Labute approximate surface area is 231 Å². The Morgan fingerprint density at radius 1 is 0.975 bits per heavy atom. The fourth-order valence-electron chi connectivity index (χ4n) is 5.42. The lowest BCUT2D eigenvalue weighted by atomic mass is 9.73. The standard InChI is InChI=1S/C30H31FO9/c1-15-11-16-12-21-25(39-14-38-21)26(36-5)22(16)23-18(13-20(34-3)24(35-4)27(23)37-6)28(30(15,2)33)40-29(32)17-9-7-8-10-19(17)31/h7-10,12-13,15,28,33H,11,14H2,1-6H3/t15-,28-,30-/m0/s1. The summed E-state index contributed by atoms with van der Waals surface area (Å²) in [6.45, 7) is 3.44. The molecule has 0 saturated heterocycles. The van der Waals surface area contributed by atoms with E-state index in [0.29, 0.717) is 40.4 Å². The number of hydrogen-bond donors (Lipinski definition) is 1. The van der Waals surface area contributed by atoms with Gasteiger partial charge in [-0.25, -0.2) is 9.18 Å². The van der Waals surface area contributed by atoms with Gasteiger partial charge in [-0.1, -0.05) is 19.1 Å². The number of hydrogen-bond acceptors (Lipinski definition) is 9. The number of esters is 1. The minimum absolute atomic E-state index is 0.0145. The predicted molar refractivity (Wildman–Crippen MR) is 142 cm³/mol. The van der Waals surface area contributed by atoms with Gasteiger partial charge < -0.3 is 38.3 Å².